The summed E-state index contributed by atoms with van der Waals surface area (Å²) < 4.78 is 5.02. The van der Waals surface area contributed by atoms with Gasteiger partial charge in [0.2, 0.25) is 5.91 Å². The summed E-state index contributed by atoms with van der Waals surface area (Å²) in [6.07, 6.45) is 4.28. The SMILES string of the molecule is CCCCOC(=O)CCCCCNC(=O)CN(CC(=O)O)CC(=O)O. The summed E-state index contributed by atoms with van der Waals surface area (Å²) in [4.78, 5) is 45.4. The van der Waals surface area contributed by atoms with Gasteiger partial charge in [0.15, 0.2) is 0 Å². The molecule has 0 heterocycles. The number of carbonyl (C=O) groups excluding carboxylic acids is 2. The first kappa shape index (κ1) is 22.8. The molecule has 0 aliphatic rings. The van der Waals surface area contributed by atoms with Crippen molar-refractivity contribution in [1.29, 1.82) is 0 Å². The highest BCUT2D eigenvalue weighted by molar-refractivity contribution is 5.80. The lowest BCUT2D eigenvalue weighted by molar-refractivity contribution is -0.144. The number of carboxylic acids is 2. The van der Waals surface area contributed by atoms with Gasteiger partial charge in [-0.2, -0.15) is 0 Å². The van der Waals surface area contributed by atoms with Crippen molar-refractivity contribution in [3.8, 4) is 0 Å². The Morgan fingerprint density at radius 3 is 2.12 bits per heavy atom. The largest absolute Gasteiger partial charge is 0.480 e. The molecule has 0 aromatic carbocycles. The van der Waals surface area contributed by atoms with Gasteiger partial charge >= 0.3 is 17.9 Å². The summed E-state index contributed by atoms with van der Waals surface area (Å²) in [5.41, 5.74) is 0. The number of hydrogen-bond donors (Lipinski definition) is 3. The molecule has 0 spiro atoms. The average Bonchev–Trinajstić information content (AvgIpc) is 2.49. The van der Waals surface area contributed by atoms with Gasteiger partial charge in [-0.3, -0.25) is 24.1 Å². The van der Waals surface area contributed by atoms with Gasteiger partial charge < -0.3 is 20.3 Å². The number of carbonyl (C=O) groups is 4. The summed E-state index contributed by atoms with van der Waals surface area (Å²) in [7, 11) is 0. The van der Waals surface area contributed by atoms with Gasteiger partial charge in [0.05, 0.1) is 26.2 Å². The highest BCUT2D eigenvalue weighted by atomic mass is 16.5. The Labute approximate surface area is 147 Å². The zero-order chi connectivity index (χ0) is 19.1. The van der Waals surface area contributed by atoms with E-state index in [1.807, 2.05) is 6.92 Å². The van der Waals surface area contributed by atoms with E-state index in [2.05, 4.69) is 5.32 Å². The first-order valence-electron chi connectivity index (χ1n) is 8.43. The second-order valence-corrected chi connectivity index (χ2v) is 5.67. The summed E-state index contributed by atoms with van der Waals surface area (Å²) >= 11 is 0. The van der Waals surface area contributed by atoms with Crippen molar-refractivity contribution in [3.05, 3.63) is 0 Å². The van der Waals surface area contributed by atoms with Crippen LogP contribution in [0.2, 0.25) is 0 Å². The highest BCUT2D eigenvalue weighted by Gasteiger charge is 2.16. The molecule has 144 valence electrons. The van der Waals surface area contributed by atoms with E-state index in [1.165, 1.54) is 0 Å². The van der Waals surface area contributed by atoms with E-state index >= 15 is 0 Å². The van der Waals surface area contributed by atoms with Crippen molar-refractivity contribution >= 4 is 23.8 Å². The van der Waals surface area contributed by atoms with Crippen molar-refractivity contribution in [1.82, 2.24) is 10.2 Å². The molecule has 0 aliphatic heterocycles. The van der Waals surface area contributed by atoms with Gasteiger partial charge in [0.1, 0.15) is 0 Å². The van der Waals surface area contributed by atoms with Crippen LogP contribution >= 0.6 is 0 Å². The number of nitrogens with one attached hydrogen (secondary N) is 1. The van der Waals surface area contributed by atoms with E-state index in [9.17, 15) is 19.2 Å². The standard InChI is InChI=1S/C16H28N2O7/c1-2-3-9-25-16(24)7-5-4-6-8-17-13(19)10-18(11-14(20)21)12-15(22)23/h2-12H2,1H3,(H,17,19)(H,20,21)(H,22,23). The molecule has 0 aliphatic carbocycles. The van der Waals surface area contributed by atoms with Gasteiger partial charge in [-0.1, -0.05) is 19.8 Å². The van der Waals surface area contributed by atoms with Gasteiger partial charge in [-0.25, -0.2) is 0 Å². The van der Waals surface area contributed by atoms with E-state index in [0.29, 0.717) is 32.4 Å². The summed E-state index contributed by atoms with van der Waals surface area (Å²) in [6.45, 7) is 1.54. The molecule has 0 saturated heterocycles. The fourth-order valence-electron chi connectivity index (χ4n) is 2.01. The highest BCUT2D eigenvalue weighted by Crippen LogP contribution is 2.01. The van der Waals surface area contributed by atoms with Gasteiger partial charge in [-0.15, -0.1) is 0 Å². The fourth-order valence-corrected chi connectivity index (χ4v) is 2.01. The Hall–Kier alpha value is -2.16. The van der Waals surface area contributed by atoms with Crippen LogP contribution < -0.4 is 5.32 Å². The normalized spacial score (nSPS) is 10.5. The maximum Gasteiger partial charge on any atom is 0.317 e. The average molecular weight is 360 g/mol. The molecule has 0 rings (SSSR count). The Bertz CT molecular complexity index is 424. The minimum atomic E-state index is -1.19. The van der Waals surface area contributed by atoms with Crippen LogP contribution in [-0.4, -0.2) is 71.7 Å². The molecule has 0 atom stereocenters. The van der Waals surface area contributed by atoms with Gasteiger partial charge in [0.25, 0.3) is 0 Å². The van der Waals surface area contributed by atoms with E-state index in [1.54, 1.807) is 0 Å². The molecule has 0 fully saturated rings. The van der Waals surface area contributed by atoms with Crippen molar-refractivity contribution in [2.75, 3.05) is 32.8 Å². The third-order valence-corrected chi connectivity index (χ3v) is 3.23. The Kier molecular flexibility index (Phi) is 13.0. The molecule has 0 aromatic heterocycles. The van der Waals surface area contributed by atoms with E-state index in [4.69, 9.17) is 14.9 Å². The second kappa shape index (κ2) is 14.2. The summed E-state index contributed by atoms with van der Waals surface area (Å²) in [6, 6.07) is 0. The number of nitrogens with zero attached hydrogens (tertiary/aromatic N) is 1. The zero-order valence-electron chi connectivity index (χ0n) is 14.7. The van der Waals surface area contributed by atoms with Crippen LogP contribution in [0.5, 0.6) is 0 Å². The third-order valence-electron chi connectivity index (χ3n) is 3.23. The van der Waals surface area contributed by atoms with Gasteiger partial charge in [-0.05, 0) is 19.3 Å². The number of carboxylic acid groups (broad SMARTS) is 2. The number of unbranched alkanes of at least 4 members (excludes halogenated alkanes) is 3. The minimum Gasteiger partial charge on any atom is -0.480 e. The predicted molar refractivity (Wildman–Crippen MR) is 89.1 cm³/mol. The molecule has 0 bridgehead atoms. The molecule has 0 unspecified atom stereocenters. The Balaban J connectivity index is 3.78. The van der Waals surface area contributed by atoms with Crippen molar-refractivity contribution < 1.29 is 34.1 Å². The predicted octanol–water partition coefficient (Wildman–Crippen LogP) is 0.478. The van der Waals surface area contributed by atoms with Crippen molar-refractivity contribution in [3.63, 3.8) is 0 Å². The quantitative estimate of drug-likeness (QED) is 0.284. The maximum absolute atomic E-state index is 11.7. The second-order valence-electron chi connectivity index (χ2n) is 5.67. The minimum absolute atomic E-state index is 0.213. The van der Waals surface area contributed by atoms with E-state index in [0.717, 1.165) is 24.2 Å². The smallest absolute Gasteiger partial charge is 0.317 e. The van der Waals surface area contributed by atoms with Crippen LogP contribution in [-0.2, 0) is 23.9 Å². The number of aliphatic carboxylic acids is 2. The molecule has 3 N–H and O–H groups in total. The Morgan fingerprint density at radius 1 is 0.920 bits per heavy atom. The van der Waals surface area contributed by atoms with Crippen molar-refractivity contribution in [2.24, 2.45) is 0 Å². The molecule has 9 nitrogen and oxygen atoms in total. The molecule has 1 amide bonds. The van der Waals surface area contributed by atoms with Crippen LogP contribution in [0.3, 0.4) is 0 Å². The molecule has 25 heavy (non-hydrogen) atoms. The monoisotopic (exact) mass is 360 g/mol. The fraction of sp³-hybridized carbons (Fsp3) is 0.750. The lowest BCUT2D eigenvalue weighted by atomic mass is 10.2. The molecule has 0 radical (unpaired) electrons. The topological polar surface area (TPSA) is 133 Å². The first-order chi connectivity index (χ1) is 11.8. The maximum atomic E-state index is 11.7. The van der Waals surface area contributed by atoms with Crippen molar-refractivity contribution in [2.45, 2.75) is 45.4 Å². The molecule has 0 saturated carbocycles. The number of ether oxygens (including phenoxy) is 1. The van der Waals surface area contributed by atoms with Crippen LogP contribution in [0.4, 0.5) is 0 Å². The van der Waals surface area contributed by atoms with E-state index in [-0.39, 0.29) is 12.5 Å². The van der Waals surface area contributed by atoms with Crippen LogP contribution in [0.25, 0.3) is 0 Å². The molecular weight excluding hydrogens is 332 g/mol. The molecule has 9 heteroatoms. The molecular formula is C16H28N2O7. The number of rotatable bonds is 15. The number of hydrogen-bond acceptors (Lipinski definition) is 6. The summed E-state index contributed by atoms with van der Waals surface area (Å²) in [5, 5.41) is 20.0. The third kappa shape index (κ3) is 15.1. The first-order valence-corrected chi connectivity index (χ1v) is 8.43. The lowest BCUT2D eigenvalue weighted by Crippen LogP contribution is -2.42. The van der Waals surface area contributed by atoms with Gasteiger partial charge in [0, 0.05) is 13.0 Å². The number of amides is 1. The van der Waals surface area contributed by atoms with Crippen LogP contribution in [0, 0.1) is 0 Å². The summed E-state index contributed by atoms with van der Waals surface area (Å²) in [5.74, 6) is -3.03. The number of esters is 1. The lowest BCUT2D eigenvalue weighted by Gasteiger charge is -2.17. The van der Waals surface area contributed by atoms with Crippen LogP contribution in [0.1, 0.15) is 45.4 Å². The van der Waals surface area contributed by atoms with Crippen LogP contribution in [0.15, 0.2) is 0 Å². The van der Waals surface area contributed by atoms with E-state index < -0.39 is 30.9 Å². The Morgan fingerprint density at radius 2 is 1.56 bits per heavy atom. The molecule has 0 aromatic rings. The zero-order valence-corrected chi connectivity index (χ0v) is 14.7.